The van der Waals surface area contributed by atoms with Gasteiger partial charge in [0.2, 0.25) is 0 Å². The molecule has 2 aromatic rings. The smallest absolute Gasteiger partial charge is 0.338 e. The van der Waals surface area contributed by atoms with Crippen LogP contribution >= 0.6 is 15.9 Å². The summed E-state index contributed by atoms with van der Waals surface area (Å²) < 4.78 is 6.47. The lowest BCUT2D eigenvalue weighted by molar-refractivity contribution is 0.0211. The maximum absolute atomic E-state index is 12.2. The van der Waals surface area contributed by atoms with Crippen LogP contribution in [-0.4, -0.2) is 18.0 Å². The van der Waals surface area contributed by atoms with Crippen LogP contribution in [0.2, 0.25) is 0 Å². The Labute approximate surface area is 155 Å². The Kier molecular flexibility index (Phi) is 5.87. The van der Waals surface area contributed by atoms with Gasteiger partial charge in [-0.1, -0.05) is 22.4 Å². The van der Waals surface area contributed by atoms with Crippen molar-refractivity contribution >= 4 is 33.5 Å². The average Bonchev–Trinajstić information content (AvgIpc) is 2.63. The van der Waals surface area contributed by atoms with E-state index in [1.165, 1.54) is 6.42 Å². The highest BCUT2D eigenvalue weighted by Crippen LogP contribution is 2.22. The van der Waals surface area contributed by atoms with Crippen LogP contribution in [-0.2, 0) is 4.74 Å². The van der Waals surface area contributed by atoms with Gasteiger partial charge in [0.05, 0.1) is 5.56 Å². The van der Waals surface area contributed by atoms with Gasteiger partial charge in [0.15, 0.2) is 0 Å². The normalized spacial score (nSPS) is 14.8. The molecule has 1 saturated carbocycles. The third kappa shape index (κ3) is 4.92. The molecule has 0 unspecified atom stereocenters. The Bertz CT molecular complexity index is 735. The van der Waals surface area contributed by atoms with Crippen LogP contribution in [0.15, 0.2) is 53.0 Å². The lowest BCUT2D eigenvalue weighted by atomic mass is 9.98. The first kappa shape index (κ1) is 17.7. The van der Waals surface area contributed by atoms with Crippen LogP contribution in [0.5, 0.6) is 0 Å². The van der Waals surface area contributed by atoms with Gasteiger partial charge in [-0.05, 0) is 74.2 Å². The number of halogens is 1. The molecule has 0 aromatic heterocycles. The Morgan fingerprint density at radius 3 is 2.12 bits per heavy atom. The first-order chi connectivity index (χ1) is 12.1. The van der Waals surface area contributed by atoms with Crippen molar-refractivity contribution in [2.75, 3.05) is 5.32 Å². The molecule has 0 spiro atoms. The van der Waals surface area contributed by atoms with E-state index >= 15 is 0 Å². The first-order valence-electron chi connectivity index (χ1n) is 8.50. The van der Waals surface area contributed by atoms with Crippen molar-refractivity contribution in [3.8, 4) is 0 Å². The highest BCUT2D eigenvalue weighted by atomic mass is 79.9. The van der Waals surface area contributed by atoms with Gasteiger partial charge in [-0.3, -0.25) is 4.79 Å². The van der Waals surface area contributed by atoms with E-state index in [1.807, 2.05) is 12.1 Å². The zero-order valence-electron chi connectivity index (χ0n) is 13.8. The third-order valence-corrected chi connectivity index (χ3v) is 4.84. The number of nitrogens with one attached hydrogen (secondary N) is 1. The van der Waals surface area contributed by atoms with E-state index in [-0.39, 0.29) is 18.0 Å². The lowest BCUT2D eigenvalue weighted by Gasteiger charge is -2.21. The highest BCUT2D eigenvalue weighted by molar-refractivity contribution is 9.10. The van der Waals surface area contributed by atoms with Gasteiger partial charge >= 0.3 is 5.97 Å². The predicted molar refractivity (Wildman–Crippen MR) is 101 cm³/mol. The molecule has 1 aliphatic carbocycles. The summed E-state index contributed by atoms with van der Waals surface area (Å²) in [5.41, 5.74) is 1.72. The fourth-order valence-electron chi connectivity index (χ4n) is 2.90. The molecule has 1 fully saturated rings. The lowest BCUT2D eigenvalue weighted by Crippen LogP contribution is -2.20. The van der Waals surface area contributed by atoms with Crippen LogP contribution < -0.4 is 5.32 Å². The molecule has 0 heterocycles. The Balaban J connectivity index is 1.58. The molecule has 0 bridgehead atoms. The van der Waals surface area contributed by atoms with E-state index in [4.69, 9.17) is 4.74 Å². The molecule has 5 heteroatoms. The van der Waals surface area contributed by atoms with Crippen molar-refractivity contribution in [3.05, 3.63) is 64.1 Å². The minimum atomic E-state index is -0.294. The van der Waals surface area contributed by atoms with Crippen LogP contribution in [0, 0.1) is 0 Å². The van der Waals surface area contributed by atoms with Gasteiger partial charge < -0.3 is 10.1 Å². The molecule has 2 aromatic carbocycles. The second-order valence-electron chi connectivity index (χ2n) is 6.20. The number of hydrogen-bond donors (Lipinski definition) is 1. The van der Waals surface area contributed by atoms with Crippen molar-refractivity contribution in [1.82, 2.24) is 0 Å². The van der Waals surface area contributed by atoms with Gasteiger partial charge in [0.1, 0.15) is 6.10 Å². The summed E-state index contributed by atoms with van der Waals surface area (Å²) >= 11 is 3.34. The summed E-state index contributed by atoms with van der Waals surface area (Å²) in [5, 5.41) is 2.82. The van der Waals surface area contributed by atoms with Gasteiger partial charge in [0.25, 0.3) is 5.91 Å². The van der Waals surface area contributed by atoms with E-state index in [0.29, 0.717) is 16.8 Å². The van der Waals surface area contributed by atoms with Crippen LogP contribution in [0.1, 0.15) is 52.8 Å². The summed E-state index contributed by atoms with van der Waals surface area (Å²) in [6.45, 7) is 0. The number of carbonyl (C=O) groups is 2. The maximum atomic E-state index is 12.2. The van der Waals surface area contributed by atoms with Gasteiger partial charge in [-0.25, -0.2) is 4.79 Å². The SMILES string of the molecule is O=C(Nc1ccc(C(=O)OC2CCCCC2)cc1)c1ccc(Br)cc1. The Hall–Kier alpha value is -2.14. The Morgan fingerprint density at radius 1 is 0.880 bits per heavy atom. The second-order valence-corrected chi connectivity index (χ2v) is 7.12. The topological polar surface area (TPSA) is 55.4 Å². The van der Waals surface area contributed by atoms with E-state index in [2.05, 4.69) is 21.2 Å². The number of benzene rings is 2. The number of esters is 1. The molecule has 0 atom stereocenters. The van der Waals surface area contributed by atoms with Crippen molar-refractivity contribution in [2.45, 2.75) is 38.2 Å². The third-order valence-electron chi connectivity index (χ3n) is 4.31. The number of amides is 1. The minimum absolute atomic E-state index is 0.0398. The van der Waals surface area contributed by atoms with Crippen molar-refractivity contribution < 1.29 is 14.3 Å². The molecule has 25 heavy (non-hydrogen) atoms. The highest BCUT2D eigenvalue weighted by Gasteiger charge is 2.18. The summed E-state index contributed by atoms with van der Waals surface area (Å²) in [4.78, 5) is 24.4. The summed E-state index contributed by atoms with van der Waals surface area (Å²) in [7, 11) is 0. The second kappa shape index (κ2) is 8.30. The zero-order valence-corrected chi connectivity index (χ0v) is 15.4. The maximum Gasteiger partial charge on any atom is 0.338 e. The molecule has 130 valence electrons. The quantitative estimate of drug-likeness (QED) is 0.716. The van der Waals surface area contributed by atoms with Crippen molar-refractivity contribution in [3.63, 3.8) is 0 Å². The zero-order chi connectivity index (χ0) is 17.6. The number of anilines is 1. The van der Waals surface area contributed by atoms with Gasteiger partial charge in [-0.15, -0.1) is 0 Å². The molecular formula is C20H20BrNO3. The van der Waals surface area contributed by atoms with E-state index in [1.54, 1.807) is 36.4 Å². The summed E-state index contributed by atoms with van der Waals surface area (Å²) in [6.07, 6.45) is 5.41. The molecule has 1 N–H and O–H groups in total. The van der Waals surface area contributed by atoms with Crippen LogP contribution in [0.4, 0.5) is 5.69 Å². The molecule has 1 aliphatic rings. The molecule has 3 rings (SSSR count). The Morgan fingerprint density at radius 2 is 1.48 bits per heavy atom. The summed E-state index contributed by atoms with van der Waals surface area (Å²) in [6, 6.07) is 13.9. The molecule has 0 radical (unpaired) electrons. The number of rotatable bonds is 4. The molecule has 4 nitrogen and oxygen atoms in total. The number of hydrogen-bond acceptors (Lipinski definition) is 3. The molecule has 1 amide bonds. The number of carbonyl (C=O) groups excluding carboxylic acids is 2. The number of ether oxygens (including phenoxy) is 1. The molecule has 0 saturated heterocycles. The van der Waals surface area contributed by atoms with Crippen LogP contribution in [0.3, 0.4) is 0 Å². The van der Waals surface area contributed by atoms with Crippen molar-refractivity contribution in [2.24, 2.45) is 0 Å². The van der Waals surface area contributed by atoms with Crippen LogP contribution in [0.25, 0.3) is 0 Å². The predicted octanol–water partition coefficient (Wildman–Crippen LogP) is 5.19. The minimum Gasteiger partial charge on any atom is -0.459 e. The van der Waals surface area contributed by atoms with Crippen molar-refractivity contribution in [1.29, 1.82) is 0 Å². The van der Waals surface area contributed by atoms with Gasteiger partial charge in [-0.2, -0.15) is 0 Å². The standard InChI is InChI=1S/C20H20BrNO3/c21-16-10-6-14(7-11-16)19(23)22-17-12-8-15(9-13-17)20(24)25-18-4-2-1-3-5-18/h6-13,18H,1-5H2,(H,22,23). The van der Waals surface area contributed by atoms with E-state index in [9.17, 15) is 9.59 Å². The first-order valence-corrected chi connectivity index (χ1v) is 9.29. The monoisotopic (exact) mass is 401 g/mol. The van der Waals surface area contributed by atoms with E-state index in [0.717, 1.165) is 30.2 Å². The fraction of sp³-hybridized carbons (Fsp3) is 0.300. The molecule has 0 aliphatic heterocycles. The van der Waals surface area contributed by atoms with Gasteiger partial charge in [0, 0.05) is 15.7 Å². The average molecular weight is 402 g/mol. The fourth-order valence-corrected chi connectivity index (χ4v) is 3.16. The van der Waals surface area contributed by atoms with E-state index < -0.39 is 0 Å². The molecular weight excluding hydrogens is 382 g/mol. The summed E-state index contributed by atoms with van der Waals surface area (Å²) in [5.74, 6) is -0.484. The largest absolute Gasteiger partial charge is 0.459 e.